The molecule has 1 atom stereocenters. The second-order valence-corrected chi connectivity index (χ2v) is 8.71. The van der Waals surface area contributed by atoms with Crippen LogP contribution in [0.5, 0.6) is 0 Å². The van der Waals surface area contributed by atoms with E-state index < -0.39 is 23.8 Å². The van der Waals surface area contributed by atoms with Gasteiger partial charge in [-0.2, -0.15) is 0 Å². The molecule has 2 heterocycles. The summed E-state index contributed by atoms with van der Waals surface area (Å²) in [6, 6.07) is 24.4. The van der Waals surface area contributed by atoms with Crippen molar-refractivity contribution in [3.8, 4) is 0 Å². The molecule has 1 aliphatic heterocycles. The molecule has 36 heavy (non-hydrogen) atoms. The fourth-order valence-corrected chi connectivity index (χ4v) is 4.61. The number of rotatable bonds is 5. The molecule has 4 aromatic rings. The molecule has 1 saturated heterocycles. The minimum Gasteiger partial charge on any atom is -0.480 e. The second-order valence-electron chi connectivity index (χ2n) is 8.35. The number of thiocarbonyl (C=S) groups is 1. The topological polar surface area (TPSA) is 82.8 Å². The number of anilines is 2. The van der Waals surface area contributed by atoms with Gasteiger partial charge in [0, 0.05) is 17.1 Å². The zero-order chi connectivity index (χ0) is 25.4. The highest BCUT2D eigenvalue weighted by Crippen LogP contribution is 2.30. The normalized spacial score (nSPS) is 14.9. The lowest BCUT2D eigenvalue weighted by Gasteiger charge is -2.36. The summed E-state index contributed by atoms with van der Waals surface area (Å²) in [5.41, 5.74) is 2.46. The van der Waals surface area contributed by atoms with Crippen LogP contribution in [0.15, 0.2) is 96.7 Å². The number of carboxylic acids is 1. The van der Waals surface area contributed by atoms with E-state index in [-0.39, 0.29) is 10.7 Å². The standard InChI is InChI=1S/C28H21N3O4S/c1-18(27(34)35)29-15-14-20-16-19(12-13-24(20)29)17-23-25(32)30(21-8-4-2-5-9-21)28(36)31(26(23)33)22-10-6-3-7-11-22/h2-18H,1H3,(H,34,35)/t18-/m1/s1. The SMILES string of the molecule is C[C@H](C(=O)O)n1ccc2cc(C=C3C(=O)N(c4ccccc4)C(=S)N(c4ccccc4)C3=O)ccc21. The Morgan fingerprint density at radius 1 is 0.861 bits per heavy atom. The molecule has 0 saturated carbocycles. The summed E-state index contributed by atoms with van der Waals surface area (Å²) >= 11 is 5.63. The molecule has 0 radical (unpaired) electrons. The first-order valence-corrected chi connectivity index (χ1v) is 11.7. The third kappa shape index (κ3) is 3.97. The highest BCUT2D eigenvalue weighted by atomic mass is 32.1. The Morgan fingerprint density at radius 2 is 1.42 bits per heavy atom. The van der Waals surface area contributed by atoms with Crippen LogP contribution in [0.2, 0.25) is 0 Å². The van der Waals surface area contributed by atoms with Crippen LogP contribution in [0.1, 0.15) is 18.5 Å². The molecule has 0 aliphatic carbocycles. The number of hydrogen-bond donors (Lipinski definition) is 1. The summed E-state index contributed by atoms with van der Waals surface area (Å²) in [4.78, 5) is 41.4. The number of aliphatic carboxylic acids is 1. The summed E-state index contributed by atoms with van der Waals surface area (Å²) in [7, 11) is 0. The number of fused-ring (bicyclic) bond motifs is 1. The Morgan fingerprint density at radius 3 is 1.94 bits per heavy atom. The summed E-state index contributed by atoms with van der Waals surface area (Å²) in [5.74, 6) is -1.96. The van der Waals surface area contributed by atoms with Gasteiger partial charge < -0.3 is 9.67 Å². The smallest absolute Gasteiger partial charge is 0.326 e. The van der Waals surface area contributed by atoms with E-state index in [1.807, 2.05) is 24.3 Å². The van der Waals surface area contributed by atoms with Crippen molar-refractivity contribution in [2.45, 2.75) is 13.0 Å². The summed E-state index contributed by atoms with van der Waals surface area (Å²) in [6.45, 7) is 1.61. The fraction of sp³-hybridized carbons (Fsp3) is 0.0714. The van der Waals surface area contributed by atoms with Crippen molar-refractivity contribution in [2.24, 2.45) is 0 Å². The molecule has 1 N–H and O–H groups in total. The number of aromatic nitrogens is 1. The van der Waals surface area contributed by atoms with Crippen molar-refractivity contribution in [1.29, 1.82) is 0 Å². The number of carbonyl (C=O) groups excluding carboxylic acids is 2. The van der Waals surface area contributed by atoms with E-state index in [4.69, 9.17) is 12.2 Å². The first-order chi connectivity index (χ1) is 17.4. The molecule has 0 unspecified atom stereocenters. The van der Waals surface area contributed by atoms with Crippen molar-refractivity contribution in [3.63, 3.8) is 0 Å². The molecule has 178 valence electrons. The van der Waals surface area contributed by atoms with Crippen LogP contribution in [0, 0.1) is 0 Å². The number of amides is 2. The Bertz CT molecular complexity index is 1480. The van der Waals surface area contributed by atoms with E-state index >= 15 is 0 Å². The van der Waals surface area contributed by atoms with Crippen molar-refractivity contribution < 1.29 is 19.5 Å². The average Bonchev–Trinajstić information content (AvgIpc) is 3.30. The van der Waals surface area contributed by atoms with Gasteiger partial charge in [0.15, 0.2) is 5.11 Å². The van der Waals surface area contributed by atoms with Gasteiger partial charge in [-0.25, -0.2) is 4.79 Å². The van der Waals surface area contributed by atoms with Crippen molar-refractivity contribution >= 4 is 63.5 Å². The maximum Gasteiger partial charge on any atom is 0.326 e. The van der Waals surface area contributed by atoms with Gasteiger partial charge in [0.25, 0.3) is 11.8 Å². The van der Waals surface area contributed by atoms with E-state index in [0.29, 0.717) is 16.9 Å². The molecular weight excluding hydrogens is 474 g/mol. The zero-order valence-corrected chi connectivity index (χ0v) is 20.1. The Kier molecular flexibility index (Phi) is 5.95. The highest BCUT2D eigenvalue weighted by molar-refractivity contribution is 7.81. The van der Waals surface area contributed by atoms with Crippen LogP contribution in [0.3, 0.4) is 0 Å². The first kappa shape index (κ1) is 23.2. The largest absolute Gasteiger partial charge is 0.480 e. The lowest BCUT2D eigenvalue weighted by molar-refractivity contribution is -0.140. The Labute approximate surface area is 212 Å². The number of nitrogens with zero attached hydrogens (tertiary/aromatic N) is 3. The fourth-order valence-electron chi connectivity index (χ4n) is 4.23. The van der Waals surface area contributed by atoms with Crippen LogP contribution in [0.4, 0.5) is 11.4 Å². The minimum atomic E-state index is -0.935. The predicted octanol–water partition coefficient (Wildman–Crippen LogP) is 5.04. The number of hydrogen-bond acceptors (Lipinski definition) is 4. The van der Waals surface area contributed by atoms with E-state index in [1.54, 1.807) is 84.4 Å². The molecule has 2 amide bonds. The predicted molar refractivity (Wildman–Crippen MR) is 143 cm³/mol. The first-order valence-electron chi connectivity index (χ1n) is 11.2. The number of para-hydroxylation sites is 2. The Balaban J connectivity index is 1.61. The van der Waals surface area contributed by atoms with E-state index in [1.165, 1.54) is 9.80 Å². The summed E-state index contributed by atoms with van der Waals surface area (Å²) < 4.78 is 1.66. The molecular formula is C28H21N3O4S. The van der Waals surface area contributed by atoms with Crippen LogP contribution in [-0.2, 0) is 14.4 Å². The quantitative estimate of drug-likeness (QED) is 0.238. The molecule has 1 aliphatic rings. The van der Waals surface area contributed by atoms with Crippen molar-refractivity contribution in [3.05, 3.63) is 102 Å². The maximum absolute atomic E-state index is 13.6. The molecule has 5 rings (SSSR count). The molecule has 7 nitrogen and oxygen atoms in total. The van der Waals surface area contributed by atoms with E-state index in [0.717, 1.165) is 10.9 Å². The van der Waals surface area contributed by atoms with Gasteiger partial charge in [-0.05, 0) is 73.2 Å². The molecule has 1 aromatic heterocycles. The second kappa shape index (κ2) is 9.24. The monoisotopic (exact) mass is 495 g/mol. The minimum absolute atomic E-state index is 0.0333. The van der Waals surface area contributed by atoms with Gasteiger partial charge >= 0.3 is 5.97 Å². The van der Waals surface area contributed by atoms with Gasteiger partial charge in [0.05, 0.1) is 11.4 Å². The molecule has 0 spiro atoms. The molecule has 8 heteroatoms. The third-order valence-electron chi connectivity index (χ3n) is 6.11. The van der Waals surface area contributed by atoms with Gasteiger partial charge in [-0.15, -0.1) is 0 Å². The van der Waals surface area contributed by atoms with E-state index in [2.05, 4.69) is 0 Å². The maximum atomic E-state index is 13.6. The molecule has 0 bridgehead atoms. The van der Waals surface area contributed by atoms with Crippen LogP contribution < -0.4 is 9.80 Å². The third-order valence-corrected chi connectivity index (χ3v) is 6.47. The van der Waals surface area contributed by atoms with Gasteiger partial charge in [-0.1, -0.05) is 42.5 Å². The van der Waals surface area contributed by atoms with Crippen LogP contribution >= 0.6 is 12.2 Å². The summed E-state index contributed by atoms with van der Waals surface area (Å²) in [5, 5.41) is 10.2. The number of benzene rings is 3. The van der Waals surface area contributed by atoms with Crippen LogP contribution in [-0.4, -0.2) is 32.6 Å². The van der Waals surface area contributed by atoms with Crippen molar-refractivity contribution in [2.75, 3.05) is 9.80 Å². The van der Waals surface area contributed by atoms with E-state index in [9.17, 15) is 19.5 Å². The highest BCUT2D eigenvalue weighted by Gasteiger charge is 2.41. The van der Waals surface area contributed by atoms with Crippen molar-refractivity contribution in [1.82, 2.24) is 4.57 Å². The lowest BCUT2D eigenvalue weighted by atomic mass is 10.0. The van der Waals surface area contributed by atoms with Gasteiger partial charge in [0.2, 0.25) is 0 Å². The molecule has 3 aromatic carbocycles. The average molecular weight is 496 g/mol. The number of carboxylic acid groups (broad SMARTS) is 1. The molecule has 1 fully saturated rings. The zero-order valence-electron chi connectivity index (χ0n) is 19.2. The Hall–Kier alpha value is -4.56. The lowest BCUT2D eigenvalue weighted by Crippen LogP contribution is -2.56. The van der Waals surface area contributed by atoms with Crippen LogP contribution in [0.25, 0.3) is 17.0 Å². The summed E-state index contributed by atoms with van der Waals surface area (Å²) in [6.07, 6.45) is 3.26. The van der Waals surface area contributed by atoms with Gasteiger partial charge in [0.1, 0.15) is 11.6 Å². The van der Waals surface area contributed by atoms with Gasteiger partial charge in [-0.3, -0.25) is 19.4 Å². The number of carbonyl (C=O) groups is 3.